The zero-order valence-corrected chi connectivity index (χ0v) is 42.4. The zero-order chi connectivity index (χ0) is 46.3. The Kier molecular flexibility index (Phi) is 15.6. The van der Waals surface area contributed by atoms with Gasteiger partial charge in [0.05, 0.1) is 80.4 Å². The van der Waals surface area contributed by atoms with Crippen LogP contribution in [0.4, 0.5) is 0 Å². The highest BCUT2D eigenvalue weighted by molar-refractivity contribution is 6.77. The van der Waals surface area contributed by atoms with Gasteiger partial charge < -0.3 is 47.1 Å². The van der Waals surface area contributed by atoms with Crippen LogP contribution in [0.5, 0.6) is 0 Å². The summed E-state index contributed by atoms with van der Waals surface area (Å²) in [6, 6.07) is 20.5. The summed E-state index contributed by atoms with van der Waals surface area (Å²) in [6.07, 6.45) is 3.35. The average molecular weight is 919 g/mol. The lowest BCUT2D eigenvalue weighted by molar-refractivity contribution is -0.342. The highest BCUT2D eigenvalue weighted by atomic mass is 28.4. The molecule has 6 aliphatic heterocycles. The Morgan fingerprint density at radius 1 is 0.692 bits per heavy atom. The lowest BCUT2D eigenvalue weighted by Crippen LogP contribution is -2.64. The smallest absolute Gasteiger partial charge is 0.200 e. The number of benzene rings is 2. The van der Waals surface area contributed by atoms with E-state index in [0.717, 1.165) is 43.1 Å². The Morgan fingerprint density at radius 3 is 1.91 bits per heavy atom. The van der Waals surface area contributed by atoms with Crippen LogP contribution >= 0.6 is 0 Å². The largest absolute Gasteiger partial charge is 0.410 e. The summed E-state index contributed by atoms with van der Waals surface area (Å²) in [5.74, 6) is -0.0408. The van der Waals surface area contributed by atoms with E-state index in [1.165, 1.54) is 0 Å². The number of rotatable bonds is 14. The highest BCUT2D eigenvalue weighted by Crippen LogP contribution is 2.52. The third-order valence-corrected chi connectivity index (χ3v) is 23.0. The second kappa shape index (κ2) is 20.5. The van der Waals surface area contributed by atoms with Crippen LogP contribution in [0.3, 0.4) is 0 Å². The molecule has 0 bridgehead atoms. The third kappa shape index (κ3) is 10.0. The molecule has 0 radical (unpaired) electrons. The van der Waals surface area contributed by atoms with Gasteiger partial charge in [0.2, 0.25) is 8.32 Å². The van der Waals surface area contributed by atoms with E-state index in [1.807, 2.05) is 36.4 Å². The molecule has 362 valence electrons. The van der Waals surface area contributed by atoms with E-state index >= 15 is 0 Å². The Bertz CT molecular complexity index is 1800. The molecule has 0 N–H and O–H groups in total. The molecule has 0 saturated carbocycles. The first-order valence-corrected chi connectivity index (χ1v) is 27.6. The Hall–Kier alpha value is -2.03. The van der Waals surface area contributed by atoms with Gasteiger partial charge in [0.15, 0.2) is 5.79 Å². The van der Waals surface area contributed by atoms with Crippen LogP contribution in [0.25, 0.3) is 0 Å². The minimum absolute atomic E-state index is 0.0141. The van der Waals surface area contributed by atoms with Crippen molar-refractivity contribution >= 4 is 14.6 Å². The molecule has 6 saturated heterocycles. The molecule has 17 atom stereocenters. The molecule has 0 amide bonds. The Balaban J connectivity index is 1.08. The fourth-order valence-corrected chi connectivity index (χ4v) is 19.0. The van der Waals surface area contributed by atoms with Crippen molar-refractivity contribution in [2.24, 2.45) is 23.7 Å². The van der Waals surface area contributed by atoms with E-state index in [0.29, 0.717) is 61.6 Å². The van der Waals surface area contributed by atoms with E-state index in [2.05, 4.69) is 100 Å². The number of aldehydes is 1. The summed E-state index contributed by atoms with van der Waals surface area (Å²) in [7, 11) is -2.42. The van der Waals surface area contributed by atoms with Crippen molar-refractivity contribution in [2.45, 2.75) is 229 Å². The maximum atomic E-state index is 12.8. The Morgan fingerprint density at radius 2 is 1.29 bits per heavy atom. The van der Waals surface area contributed by atoms with Crippen LogP contribution in [-0.4, -0.2) is 99.7 Å². The van der Waals surface area contributed by atoms with Crippen molar-refractivity contribution in [1.82, 2.24) is 0 Å². The predicted octanol–water partition coefficient (Wildman–Crippen LogP) is 10.8. The lowest BCUT2D eigenvalue weighted by atomic mass is 9.76. The maximum absolute atomic E-state index is 12.8. The van der Waals surface area contributed by atoms with Gasteiger partial charge in [0.25, 0.3) is 0 Å². The average Bonchev–Trinajstić information content (AvgIpc) is 3.72. The van der Waals surface area contributed by atoms with E-state index < -0.39 is 25.8 Å². The molecule has 6 aliphatic rings. The molecule has 10 nitrogen and oxygen atoms in total. The first-order chi connectivity index (χ1) is 31.1. The van der Waals surface area contributed by atoms with E-state index in [4.69, 9.17) is 42.3 Å². The van der Waals surface area contributed by atoms with Crippen LogP contribution in [0.1, 0.15) is 132 Å². The SMILES string of the molecule is CC(C)[Si](O[C@@H]1C[C@@H]2O[C@@H]3C[C@@H]4O[C@@H]5[C@@H](C)[C@H](C)[C@@]6(CCCO6)O[C@H]5[C@@H](OCc5ccccc5)[C@H](C)[C@H]4O[C@H]3C[C@@H](C)C[C@H]2O[C@@]1(C)C[C@H](C=O)OCc1ccccc1)(C(C)C)C(C)C. The van der Waals surface area contributed by atoms with E-state index in [1.54, 1.807) is 0 Å². The van der Waals surface area contributed by atoms with Gasteiger partial charge >= 0.3 is 0 Å². The van der Waals surface area contributed by atoms with Crippen molar-refractivity contribution in [3.05, 3.63) is 71.8 Å². The van der Waals surface area contributed by atoms with Crippen molar-refractivity contribution in [2.75, 3.05) is 6.61 Å². The van der Waals surface area contributed by atoms with Gasteiger partial charge in [-0.05, 0) is 65.8 Å². The van der Waals surface area contributed by atoms with Crippen LogP contribution in [0, 0.1) is 23.7 Å². The monoisotopic (exact) mass is 919 g/mol. The second-order valence-electron chi connectivity index (χ2n) is 22.2. The molecule has 65 heavy (non-hydrogen) atoms. The number of ether oxygens (including phenoxy) is 8. The summed E-state index contributed by atoms with van der Waals surface area (Å²) in [4.78, 5) is 12.8. The normalized spacial score (nSPS) is 40.3. The van der Waals surface area contributed by atoms with Crippen molar-refractivity contribution in [3.63, 3.8) is 0 Å². The van der Waals surface area contributed by atoms with Crippen LogP contribution < -0.4 is 0 Å². The number of carbonyl (C=O) groups excluding carboxylic acids is 1. The molecule has 8 rings (SSSR count). The summed E-state index contributed by atoms with van der Waals surface area (Å²) in [6.45, 7) is 26.9. The van der Waals surface area contributed by atoms with Gasteiger partial charge in [-0.1, -0.05) is 130 Å². The first-order valence-electron chi connectivity index (χ1n) is 25.5. The predicted molar refractivity (Wildman–Crippen MR) is 254 cm³/mol. The number of hydrogen-bond donors (Lipinski definition) is 0. The van der Waals surface area contributed by atoms with Crippen LogP contribution in [0.15, 0.2) is 60.7 Å². The summed E-state index contributed by atoms with van der Waals surface area (Å²) in [5, 5.41) is 0. The third-order valence-electron chi connectivity index (χ3n) is 16.9. The second-order valence-corrected chi connectivity index (χ2v) is 27.6. The fraction of sp³-hybridized carbons (Fsp3) is 0.759. The molecule has 6 fully saturated rings. The maximum Gasteiger partial charge on any atom is 0.200 e. The van der Waals surface area contributed by atoms with E-state index in [-0.39, 0.29) is 78.8 Å². The number of fused-ring (bicyclic) bond motifs is 4. The molecule has 1 spiro atoms. The minimum atomic E-state index is -2.42. The van der Waals surface area contributed by atoms with Crippen molar-refractivity contribution < 1.29 is 47.1 Å². The fourth-order valence-electron chi connectivity index (χ4n) is 13.4. The van der Waals surface area contributed by atoms with Gasteiger partial charge in [-0.15, -0.1) is 0 Å². The van der Waals surface area contributed by atoms with Crippen LogP contribution in [-0.2, 0) is 60.3 Å². The summed E-state index contributed by atoms with van der Waals surface area (Å²) in [5.41, 5.74) is 2.49. The lowest BCUT2D eigenvalue weighted by Gasteiger charge is -2.55. The zero-order valence-electron chi connectivity index (χ0n) is 41.4. The molecule has 2 aromatic rings. The van der Waals surface area contributed by atoms with Gasteiger partial charge in [-0.25, -0.2) is 0 Å². The van der Waals surface area contributed by atoms with Gasteiger partial charge in [-0.3, -0.25) is 0 Å². The topological polar surface area (TPSA) is 100 Å². The van der Waals surface area contributed by atoms with Gasteiger partial charge in [-0.2, -0.15) is 0 Å². The number of hydrogen-bond acceptors (Lipinski definition) is 10. The molecule has 0 unspecified atom stereocenters. The molecule has 2 aromatic carbocycles. The molecular formula is C54H82O10Si. The molecular weight excluding hydrogens is 837 g/mol. The van der Waals surface area contributed by atoms with Crippen molar-refractivity contribution in [1.29, 1.82) is 0 Å². The quantitative estimate of drug-likeness (QED) is 0.135. The van der Waals surface area contributed by atoms with Crippen molar-refractivity contribution in [3.8, 4) is 0 Å². The molecule has 0 aromatic heterocycles. The standard InChI is InChI=1S/C54H82O10Si/c1-33(2)65(34(3)4,35(5)6)64-48-28-45-46(62-53(48,11)29-42(30-55)56-31-40-19-14-12-15-20-40)26-36(7)25-43-44(59-45)27-47-49(60-43)38(9)50(57-32-41-21-16-13-17-22-41)52-51(61-47)37(8)39(10)54(63-52)23-18-24-58-54/h12-17,19-22,30,33-39,42-52H,18,23-29,31-32H2,1-11H3/t36-,37+,38-,39+,42-,43+,44-,45+,46-,47+,48-,49-,50+,51-,52+,53+,54-/m1/s1. The minimum Gasteiger partial charge on any atom is -0.410 e. The summed E-state index contributed by atoms with van der Waals surface area (Å²) >= 11 is 0. The first kappa shape index (κ1) is 49.4. The van der Waals surface area contributed by atoms with Crippen LogP contribution in [0.2, 0.25) is 16.6 Å². The highest BCUT2D eigenvalue weighted by Gasteiger charge is 2.61. The molecule has 0 aliphatic carbocycles. The number of carbonyl (C=O) groups is 1. The molecule has 11 heteroatoms. The molecule has 6 heterocycles. The van der Waals surface area contributed by atoms with E-state index in [9.17, 15) is 4.79 Å². The summed E-state index contributed by atoms with van der Waals surface area (Å²) < 4.78 is 64.4. The Labute approximate surface area is 391 Å². The van der Waals surface area contributed by atoms with Gasteiger partial charge in [0, 0.05) is 37.5 Å². The van der Waals surface area contributed by atoms with Gasteiger partial charge in [0.1, 0.15) is 18.5 Å².